The number of nitrogens with one attached hydrogen (secondary N) is 1. The molecular formula is C11H21ClN4OS. The lowest BCUT2D eigenvalue weighted by molar-refractivity contribution is -0.123. The summed E-state index contributed by atoms with van der Waals surface area (Å²) in [5.41, 5.74) is 5.73. The van der Waals surface area contributed by atoms with Crippen molar-refractivity contribution in [1.29, 1.82) is 0 Å². The predicted octanol–water partition coefficient (Wildman–Crippen LogP) is 1.68. The fourth-order valence-corrected chi connectivity index (χ4v) is 1.94. The Balaban J connectivity index is 0.00000289. The first kappa shape index (κ1) is 17.3. The van der Waals surface area contributed by atoms with Gasteiger partial charge in [0.2, 0.25) is 5.91 Å². The topological polar surface area (TPSA) is 80.9 Å². The van der Waals surface area contributed by atoms with Gasteiger partial charge in [0.25, 0.3) is 0 Å². The molecule has 0 unspecified atom stereocenters. The van der Waals surface area contributed by atoms with Crippen LogP contribution in [0.5, 0.6) is 0 Å². The highest BCUT2D eigenvalue weighted by molar-refractivity contribution is 7.11. The number of nitrogens with zero attached hydrogens (tertiary/aromatic N) is 2. The third-order valence-corrected chi connectivity index (χ3v) is 3.64. The van der Waals surface area contributed by atoms with Crippen LogP contribution >= 0.6 is 23.7 Å². The SMILES string of the molecule is CC(C)c1nnc(CNC(=O)[C@@H](N)C(C)C)s1.Cl. The average Bonchev–Trinajstić information content (AvgIpc) is 2.73. The van der Waals surface area contributed by atoms with E-state index in [2.05, 4.69) is 29.4 Å². The van der Waals surface area contributed by atoms with E-state index in [9.17, 15) is 4.79 Å². The van der Waals surface area contributed by atoms with Gasteiger partial charge < -0.3 is 11.1 Å². The number of carbonyl (C=O) groups is 1. The summed E-state index contributed by atoms with van der Waals surface area (Å²) in [5.74, 6) is 0.367. The quantitative estimate of drug-likeness (QED) is 0.865. The van der Waals surface area contributed by atoms with E-state index < -0.39 is 6.04 Å². The molecule has 0 bridgehead atoms. The summed E-state index contributed by atoms with van der Waals surface area (Å²) in [6.45, 7) is 8.39. The minimum atomic E-state index is -0.465. The summed E-state index contributed by atoms with van der Waals surface area (Å²) in [6, 6.07) is -0.465. The molecule has 1 aromatic heterocycles. The first-order valence-corrected chi connectivity index (χ1v) is 6.59. The summed E-state index contributed by atoms with van der Waals surface area (Å²) >= 11 is 1.53. The Kier molecular flexibility index (Phi) is 7.35. The van der Waals surface area contributed by atoms with Gasteiger partial charge in [-0.25, -0.2) is 0 Å². The minimum absolute atomic E-state index is 0. The smallest absolute Gasteiger partial charge is 0.237 e. The highest BCUT2D eigenvalue weighted by Crippen LogP contribution is 2.18. The molecule has 0 aliphatic carbocycles. The van der Waals surface area contributed by atoms with E-state index in [4.69, 9.17) is 5.73 Å². The van der Waals surface area contributed by atoms with Crippen LogP contribution in [0.2, 0.25) is 0 Å². The number of halogens is 1. The standard InChI is InChI=1S/C11H20N4OS.ClH/c1-6(2)9(12)10(16)13-5-8-14-15-11(17-8)7(3)4;/h6-7,9H,5,12H2,1-4H3,(H,13,16);1H/t9-;/m0./s1. The zero-order chi connectivity index (χ0) is 13.0. The van der Waals surface area contributed by atoms with Crippen molar-refractivity contribution in [2.45, 2.75) is 46.2 Å². The van der Waals surface area contributed by atoms with Crippen molar-refractivity contribution in [3.05, 3.63) is 10.0 Å². The molecule has 0 saturated heterocycles. The minimum Gasteiger partial charge on any atom is -0.348 e. The first-order valence-electron chi connectivity index (χ1n) is 5.77. The maximum atomic E-state index is 11.6. The molecule has 1 heterocycles. The molecule has 1 amide bonds. The van der Waals surface area contributed by atoms with Gasteiger partial charge in [0.15, 0.2) is 0 Å². The maximum Gasteiger partial charge on any atom is 0.237 e. The van der Waals surface area contributed by atoms with Gasteiger partial charge in [0.05, 0.1) is 12.6 Å². The molecule has 0 spiro atoms. The molecule has 7 heteroatoms. The fourth-order valence-electron chi connectivity index (χ4n) is 1.15. The van der Waals surface area contributed by atoms with Crippen LogP contribution in [0.1, 0.15) is 43.6 Å². The number of amides is 1. The molecule has 0 aromatic carbocycles. The molecule has 1 aromatic rings. The van der Waals surface area contributed by atoms with Crippen LogP contribution in [0, 0.1) is 5.92 Å². The highest BCUT2D eigenvalue weighted by Gasteiger charge is 2.17. The molecular weight excluding hydrogens is 272 g/mol. The van der Waals surface area contributed by atoms with Crippen molar-refractivity contribution >= 4 is 29.7 Å². The summed E-state index contributed by atoms with van der Waals surface area (Å²) in [5, 5.41) is 12.7. The Morgan fingerprint density at radius 1 is 1.33 bits per heavy atom. The molecule has 0 fully saturated rings. The summed E-state index contributed by atoms with van der Waals surface area (Å²) < 4.78 is 0. The van der Waals surface area contributed by atoms with E-state index in [1.54, 1.807) is 0 Å². The molecule has 0 radical (unpaired) electrons. The zero-order valence-electron chi connectivity index (χ0n) is 11.1. The van der Waals surface area contributed by atoms with E-state index >= 15 is 0 Å². The lowest BCUT2D eigenvalue weighted by Gasteiger charge is -2.14. The van der Waals surface area contributed by atoms with E-state index in [1.165, 1.54) is 11.3 Å². The van der Waals surface area contributed by atoms with Gasteiger partial charge in [-0.2, -0.15) is 0 Å². The first-order chi connectivity index (χ1) is 7.91. The van der Waals surface area contributed by atoms with Gasteiger partial charge in [-0.3, -0.25) is 4.79 Å². The Morgan fingerprint density at radius 2 is 1.94 bits per heavy atom. The second kappa shape index (κ2) is 7.66. The van der Waals surface area contributed by atoms with Crippen molar-refractivity contribution in [3.8, 4) is 0 Å². The number of carbonyl (C=O) groups excluding carboxylic acids is 1. The van der Waals surface area contributed by atoms with Gasteiger partial charge in [0.1, 0.15) is 10.0 Å². The summed E-state index contributed by atoms with van der Waals surface area (Å²) in [4.78, 5) is 11.6. The molecule has 1 atom stereocenters. The second-order valence-electron chi connectivity index (χ2n) is 4.68. The lowest BCUT2D eigenvalue weighted by atomic mass is 10.1. The number of aromatic nitrogens is 2. The highest BCUT2D eigenvalue weighted by atomic mass is 35.5. The Labute approximate surface area is 118 Å². The van der Waals surface area contributed by atoms with Crippen LogP contribution in [0.15, 0.2) is 0 Å². The Bertz CT molecular complexity index is 381. The van der Waals surface area contributed by atoms with E-state index in [0.29, 0.717) is 12.5 Å². The van der Waals surface area contributed by atoms with Crippen molar-refractivity contribution in [2.75, 3.05) is 0 Å². The van der Waals surface area contributed by atoms with Crippen molar-refractivity contribution in [1.82, 2.24) is 15.5 Å². The largest absolute Gasteiger partial charge is 0.348 e. The van der Waals surface area contributed by atoms with E-state index in [-0.39, 0.29) is 24.2 Å². The van der Waals surface area contributed by atoms with Crippen molar-refractivity contribution in [2.24, 2.45) is 11.7 Å². The normalized spacial score (nSPS) is 12.4. The van der Waals surface area contributed by atoms with E-state index in [1.807, 2.05) is 13.8 Å². The molecule has 3 N–H and O–H groups in total. The van der Waals surface area contributed by atoms with Gasteiger partial charge in [0, 0.05) is 5.92 Å². The number of nitrogens with two attached hydrogens (primary N) is 1. The van der Waals surface area contributed by atoms with Crippen LogP contribution in [0.3, 0.4) is 0 Å². The van der Waals surface area contributed by atoms with Crippen LogP contribution in [0.25, 0.3) is 0 Å². The van der Waals surface area contributed by atoms with Crippen molar-refractivity contribution < 1.29 is 4.79 Å². The maximum absolute atomic E-state index is 11.6. The molecule has 5 nitrogen and oxygen atoms in total. The monoisotopic (exact) mass is 292 g/mol. The molecule has 1 rings (SSSR count). The zero-order valence-corrected chi connectivity index (χ0v) is 12.8. The van der Waals surface area contributed by atoms with Crippen LogP contribution < -0.4 is 11.1 Å². The van der Waals surface area contributed by atoms with Gasteiger partial charge in [-0.05, 0) is 5.92 Å². The molecule has 0 aliphatic rings. The summed E-state index contributed by atoms with van der Waals surface area (Å²) in [6.07, 6.45) is 0. The lowest BCUT2D eigenvalue weighted by Crippen LogP contribution is -2.43. The second-order valence-corrected chi connectivity index (χ2v) is 5.77. The number of rotatable bonds is 5. The summed E-state index contributed by atoms with van der Waals surface area (Å²) in [7, 11) is 0. The van der Waals surface area contributed by atoms with E-state index in [0.717, 1.165) is 10.0 Å². The molecule has 0 saturated carbocycles. The number of hydrogen-bond donors (Lipinski definition) is 2. The third-order valence-electron chi connectivity index (χ3n) is 2.41. The van der Waals surface area contributed by atoms with Crippen molar-refractivity contribution in [3.63, 3.8) is 0 Å². The van der Waals surface area contributed by atoms with Gasteiger partial charge in [-0.15, -0.1) is 22.6 Å². The van der Waals surface area contributed by atoms with Crippen LogP contribution in [0.4, 0.5) is 0 Å². The fraction of sp³-hybridized carbons (Fsp3) is 0.727. The third kappa shape index (κ3) is 4.88. The van der Waals surface area contributed by atoms with Gasteiger partial charge in [-0.1, -0.05) is 39.0 Å². The molecule has 104 valence electrons. The van der Waals surface area contributed by atoms with Crippen LogP contribution in [-0.4, -0.2) is 22.1 Å². The Morgan fingerprint density at radius 3 is 2.39 bits per heavy atom. The van der Waals surface area contributed by atoms with Gasteiger partial charge >= 0.3 is 0 Å². The van der Waals surface area contributed by atoms with Crippen LogP contribution in [-0.2, 0) is 11.3 Å². The molecule has 18 heavy (non-hydrogen) atoms. The molecule has 0 aliphatic heterocycles. The number of hydrogen-bond acceptors (Lipinski definition) is 5. The Hall–Kier alpha value is -0.720. The predicted molar refractivity (Wildman–Crippen MR) is 75.9 cm³/mol. The average molecular weight is 293 g/mol.